The molecular formula is C24H25BF3N5O3. The Bertz CT molecular complexity index is 1400. The summed E-state index contributed by atoms with van der Waals surface area (Å²) in [5.41, 5.74) is -3.43. The molecule has 1 fully saturated rings. The van der Waals surface area contributed by atoms with Crippen molar-refractivity contribution in [2.75, 3.05) is 25.5 Å². The van der Waals surface area contributed by atoms with Crippen molar-refractivity contribution in [1.82, 2.24) is 19.4 Å². The highest BCUT2D eigenvalue weighted by Crippen LogP contribution is 2.36. The summed E-state index contributed by atoms with van der Waals surface area (Å²) in [6.07, 6.45) is -1.39. The van der Waals surface area contributed by atoms with Crippen molar-refractivity contribution in [2.45, 2.75) is 37.7 Å². The van der Waals surface area contributed by atoms with Crippen LogP contribution in [-0.2, 0) is 27.6 Å². The Kier molecular flexibility index (Phi) is 6.59. The molecule has 1 saturated heterocycles. The monoisotopic (exact) mass is 499 g/mol. The predicted molar refractivity (Wildman–Crippen MR) is 128 cm³/mol. The van der Waals surface area contributed by atoms with Gasteiger partial charge in [-0.25, -0.2) is 23.1 Å². The van der Waals surface area contributed by atoms with Crippen molar-refractivity contribution >= 4 is 30.6 Å². The number of alkyl halides is 2. The zero-order chi connectivity index (χ0) is 26.4. The van der Waals surface area contributed by atoms with Gasteiger partial charge in [0.1, 0.15) is 37.1 Å². The first kappa shape index (κ1) is 25.7. The van der Waals surface area contributed by atoms with Gasteiger partial charge >= 0.3 is 0 Å². The molecule has 0 aliphatic carbocycles. The average molecular weight is 499 g/mol. The van der Waals surface area contributed by atoms with Gasteiger partial charge in [0.05, 0.1) is 23.1 Å². The second kappa shape index (κ2) is 9.23. The SMILES string of the molecule is [B][C@](C)(Nc1ncnc2c1cc([C@@]1(OC)CCN(C(C)=O)C1)c(=O)n2C)c1cccc(C(F)F)c1F. The van der Waals surface area contributed by atoms with Crippen LogP contribution < -0.4 is 10.9 Å². The van der Waals surface area contributed by atoms with Crippen LogP contribution in [0.2, 0.25) is 0 Å². The number of halogens is 3. The molecule has 0 spiro atoms. The number of benzene rings is 1. The first-order chi connectivity index (χ1) is 16.9. The third kappa shape index (κ3) is 4.23. The van der Waals surface area contributed by atoms with Gasteiger partial charge in [-0.05, 0) is 13.0 Å². The summed E-state index contributed by atoms with van der Waals surface area (Å²) in [5.74, 6) is -1.09. The van der Waals surface area contributed by atoms with E-state index in [0.29, 0.717) is 23.9 Å². The van der Waals surface area contributed by atoms with Gasteiger partial charge in [-0.15, -0.1) is 0 Å². The van der Waals surface area contributed by atoms with E-state index in [1.165, 1.54) is 44.0 Å². The van der Waals surface area contributed by atoms with Crippen molar-refractivity contribution < 1.29 is 22.7 Å². The molecule has 4 rings (SSSR count). The van der Waals surface area contributed by atoms with Crippen LogP contribution in [0.3, 0.4) is 0 Å². The fraction of sp³-hybridized carbons (Fsp3) is 0.417. The van der Waals surface area contributed by atoms with Crippen molar-refractivity contribution in [3.8, 4) is 0 Å². The van der Waals surface area contributed by atoms with Gasteiger partial charge in [0.15, 0.2) is 0 Å². The van der Waals surface area contributed by atoms with Crippen molar-refractivity contribution in [1.29, 1.82) is 0 Å². The number of carbonyl (C=O) groups excluding carboxylic acids is 1. The van der Waals surface area contributed by atoms with Crippen LogP contribution >= 0.6 is 0 Å². The maximum Gasteiger partial charge on any atom is 0.266 e. The molecular weight excluding hydrogens is 474 g/mol. The van der Waals surface area contributed by atoms with E-state index in [1.54, 1.807) is 18.0 Å². The maximum absolute atomic E-state index is 14.9. The average Bonchev–Trinajstić information content (AvgIpc) is 3.27. The summed E-state index contributed by atoms with van der Waals surface area (Å²) in [5, 5.41) is 3.31. The quantitative estimate of drug-likeness (QED) is 0.525. The molecule has 188 valence electrons. The van der Waals surface area contributed by atoms with E-state index in [9.17, 15) is 22.8 Å². The summed E-state index contributed by atoms with van der Waals surface area (Å²) >= 11 is 0. The van der Waals surface area contributed by atoms with E-state index in [-0.39, 0.29) is 35.0 Å². The summed E-state index contributed by atoms with van der Waals surface area (Å²) < 4.78 is 48.5. The van der Waals surface area contributed by atoms with Crippen LogP contribution in [0.1, 0.15) is 43.4 Å². The molecule has 2 radical (unpaired) electrons. The van der Waals surface area contributed by atoms with Gasteiger partial charge in [-0.3, -0.25) is 14.2 Å². The Morgan fingerprint density at radius 2 is 2.06 bits per heavy atom. The normalized spacial score (nSPS) is 19.6. The Hall–Kier alpha value is -3.41. The van der Waals surface area contributed by atoms with Crippen LogP contribution in [0.5, 0.6) is 0 Å². The van der Waals surface area contributed by atoms with Crippen molar-refractivity contribution in [2.24, 2.45) is 7.05 Å². The molecule has 0 bridgehead atoms. The summed E-state index contributed by atoms with van der Waals surface area (Å²) in [6.45, 7) is 3.48. The van der Waals surface area contributed by atoms with Crippen LogP contribution in [0.15, 0.2) is 35.4 Å². The molecule has 36 heavy (non-hydrogen) atoms. The van der Waals surface area contributed by atoms with Crippen LogP contribution in [0.4, 0.5) is 19.0 Å². The lowest BCUT2D eigenvalue weighted by molar-refractivity contribution is -0.129. The number of hydrogen-bond acceptors (Lipinski definition) is 6. The van der Waals surface area contributed by atoms with Gasteiger partial charge < -0.3 is 15.0 Å². The van der Waals surface area contributed by atoms with Gasteiger partial charge in [0, 0.05) is 45.0 Å². The number of anilines is 1. The fourth-order valence-corrected chi connectivity index (χ4v) is 4.68. The molecule has 1 aliphatic rings. The van der Waals surface area contributed by atoms with E-state index in [4.69, 9.17) is 12.6 Å². The van der Waals surface area contributed by atoms with Gasteiger partial charge in [-0.1, -0.05) is 18.2 Å². The third-order valence-electron chi connectivity index (χ3n) is 6.76. The minimum absolute atomic E-state index is 0.135. The zero-order valence-corrected chi connectivity index (χ0v) is 20.3. The van der Waals surface area contributed by atoms with Crippen molar-refractivity contribution in [3.63, 3.8) is 0 Å². The number of carbonyl (C=O) groups is 1. The minimum Gasteiger partial charge on any atom is -0.371 e. The third-order valence-corrected chi connectivity index (χ3v) is 6.76. The summed E-state index contributed by atoms with van der Waals surface area (Å²) in [6, 6.07) is 5.19. The highest BCUT2D eigenvalue weighted by molar-refractivity contribution is 6.17. The largest absolute Gasteiger partial charge is 0.371 e. The summed E-state index contributed by atoms with van der Waals surface area (Å²) in [4.78, 5) is 35.3. The molecule has 3 heterocycles. The molecule has 0 saturated carbocycles. The Morgan fingerprint density at radius 1 is 1.33 bits per heavy atom. The first-order valence-electron chi connectivity index (χ1n) is 11.2. The molecule has 2 aromatic heterocycles. The number of ether oxygens (including phenoxy) is 1. The molecule has 0 unspecified atom stereocenters. The van der Waals surface area contributed by atoms with E-state index >= 15 is 0 Å². The Balaban J connectivity index is 1.85. The smallest absolute Gasteiger partial charge is 0.266 e. The lowest BCUT2D eigenvalue weighted by Crippen LogP contribution is -2.40. The number of nitrogens with one attached hydrogen (secondary N) is 1. The highest BCUT2D eigenvalue weighted by Gasteiger charge is 2.43. The van der Waals surface area contributed by atoms with Gasteiger partial charge in [0.25, 0.3) is 12.0 Å². The molecule has 12 heteroatoms. The Labute approximate surface area is 206 Å². The number of likely N-dealkylation sites (tertiary alicyclic amines) is 1. The number of rotatable bonds is 6. The molecule has 1 aliphatic heterocycles. The standard InChI is InChI=1S/C24H25BF3N5O3/c1-13(34)33-9-8-24(11-33,36-4)17-10-15-20(29-12-30-21(15)32(3)22(17)35)31-23(2,25)16-7-5-6-14(18(16)26)19(27)28/h5-7,10,12,19H,8-9,11H2,1-4H3,(H,29,30,31)/t23-,24-/m1/s1. The number of methoxy groups -OCH3 is 1. The number of aryl methyl sites for hydroxylation is 1. The lowest BCUT2D eigenvalue weighted by atomic mass is 9.73. The van der Waals surface area contributed by atoms with E-state index in [1.807, 2.05) is 0 Å². The van der Waals surface area contributed by atoms with Gasteiger partial charge in [0.2, 0.25) is 5.91 Å². The zero-order valence-electron chi connectivity index (χ0n) is 20.3. The predicted octanol–water partition coefficient (Wildman–Crippen LogP) is 2.95. The molecule has 1 amide bonds. The van der Waals surface area contributed by atoms with E-state index < -0.39 is 28.8 Å². The number of fused-ring (bicyclic) bond motifs is 1. The number of nitrogens with zero attached hydrogens (tertiary/aromatic N) is 4. The minimum atomic E-state index is -3.01. The van der Waals surface area contributed by atoms with Gasteiger partial charge in [-0.2, -0.15) is 0 Å². The Morgan fingerprint density at radius 3 is 2.67 bits per heavy atom. The number of aromatic nitrogens is 3. The summed E-state index contributed by atoms with van der Waals surface area (Å²) in [7, 11) is 9.39. The molecule has 1 aromatic carbocycles. The molecule has 1 N–H and O–H groups in total. The lowest BCUT2D eigenvalue weighted by Gasteiger charge is -2.31. The highest BCUT2D eigenvalue weighted by atomic mass is 19.3. The molecule has 2 atom stereocenters. The topological polar surface area (TPSA) is 89.4 Å². The molecule has 3 aromatic rings. The van der Waals surface area contributed by atoms with Crippen molar-refractivity contribution in [3.05, 3.63) is 63.5 Å². The van der Waals surface area contributed by atoms with E-state index in [2.05, 4.69) is 15.3 Å². The fourth-order valence-electron chi connectivity index (χ4n) is 4.68. The van der Waals surface area contributed by atoms with E-state index in [0.717, 1.165) is 6.07 Å². The maximum atomic E-state index is 14.9. The number of hydrogen-bond donors (Lipinski definition) is 1. The van der Waals surface area contributed by atoms with Crippen LogP contribution in [0, 0.1) is 5.82 Å². The second-order valence-corrected chi connectivity index (χ2v) is 9.11. The molecule has 8 nitrogen and oxygen atoms in total. The number of amides is 1. The first-order valence-corrected chi connectivity index (χ1v) is 11.2. The van der Waals surface area contributed by atoms with Crippen LogP contribution in [-0.4, -0.2) is 53.4 Å². The number of pyridine rings is 1. The second-order valence-electron chi connectivity index (χ2n) is 9.11. The van der Waals surface area contributed by atoms with Crippen LogP contribution in [0.25, 0.3) is 11.0 Å².